The van der Waals surface area contributed by atoms with Crippen molar-refractivity contribution in [3.8, 4) is 0 Å². The van der Waals surface area contributed by atoms with Crippen molar-refractivity contribution in [3.63, 3.8) is 0 Å². The lowest BCUT2D eigenvalue weighted by atomic mass is 10.2. The molecule has 0 aliphatic carbocycles. The van der Waals surface area contributed by atoms with E-state index in [9.17, 15) is 4.79 Å². The van der Waals surface area contributed by atoms with E-state index in [0.717, 1.165) is 38.4 Å². The molecule has 13 heavy (non-hydrogen) atoms. The number of hydrogen-bond donors (Lipinski definition) is 2. The number of hydrogen-bond acceptors (Lipinski definition) is 2. The van der Waals surface area contributed by atoms with Crippen LogP contribution in [0.2, 0.25) is 0 Å². The van der Waals surface area contributed by atoms with E-state index in [-0.39, 0.29) is 0 Å². The van der Waals surface area contributed by atoms with Crippen LogP contribution in [0.25, 0.3) is 0 Å². The van der Waals surface area contributed by atoms with Crippen LogP contribution in [0, 0.1) is 5.92 Å². The van der Waals surface area contributed by atoms with Crippen LogP contribution in [-0.2, 0) is 4.79 Å². The Labute approximate surface area is 81.3 Å². The van der Waals surface area contributed by atoms with E-state index >= 15 is 0 Å². The molecule has 3 heteroatoms. The summed E-state index contributed by atoms with van der Waals surface area (Å²) in [6.45, 7) is 7.43. The lowest BCUT2D eigenvalue weighted by molar-refractivity contribution is -0.109. The highest BCUT2D eigenvalue weighted by Crippen LogP contribution is 1.93. The molecule has 0 saturated heterocycles. The summed E-state index contributed by atoms with van der Waals surface area (Å²) < 4.78 is 0. The first kappa shape index (κ1) is 12.4. The fraction of sp³-hybridized carbons (Fsp3) is 0.900. The molecule has 0 unspecified atom stereocenters. The third kappa shape index (κ3) is 11.4. The third-order valence-corrected chi connectivity index (χ3v) is 1.81. The summed E-state index contributed by atoms with van der Waals surface area (Å²) in [6, 6.07) is 0. The molecule has 0 aliphatic rings. The Morgan fingerprint density at radius 2 is 1.85 bits per heavy atom. The van der Waals surface area contributed by atoms with Gasteiger partial charge in [-0.1, -0.05) is 20.3 Å². The molecular weight excluding hydrogens is 164 g/mol. The standard InChI is InChI=1S/C10H22N2O/c1-10(2)8-11-6-4-3-5-7-12-9-13/h9-11H,3-8H2,1-2H3,(H,12,13). The minimum Gasteiger partial charge on any atom is -0.359 e. The Hall–Kier alpha value is -0.570. The second-order valence-corrected chi connectivity index (χ2v) is 3.73. The Balaban J connectivity index is 2.87. The number of amides is 1. The zero-order chi connectivity index (χ0) is 9.94. The molecule has 0 aromatic heterocycles. The first-order valence-corrected chi connectivity index (χ1v) is 5.15. The predicted molar refractivity (Wildman–Crippen MR) is 55.6 cm³/mol. The SMILES string of the molecule is CC(C)CNCCCCCNC=O. The lowest BCUT2D eigenvalue weighted by Crippen LogP contribution is -2.21. The Morgan fingerprint density at radius 3 is 2.46 bits per heavy atom. The second-order valence-electron chi connectivity index (χ2n) is 3.73. The summed E-state index contributed by atoms with van der Waals surface area (Å²) >= 11 is 0. The first-order valence-electron chi connectivity index (χ1n) is 5.15. The summed E-state index contributed by atoms with van der Waals surface area (Å²) in [6.07, 6.45) is 4.23. The fourth-order valence-corrected chi connectivity index (χ4v) is 1.10. The maximum Gasteiger partial charge on any atom is 0.207 e. The van der Waals surface area contributed by atoms with Gasteiger partial charge in [0.05, 0.1) is 0 Å². The molecular formula is C10H22N2O. The molecule has 0 fully saturated rings. The van der Waals surface area contributed by atoms with Crippen molar-refractivity contribution in [2.75, 3.05) is 19.6 Å². The van der Waals surface area contributed by atoms with E-state index < -0.39 is 0 Å². The Morgan fingerprint density at radius 1 is 1.15 bits per heavy atom. The van der Waals surface area contributed by atoms with Crippen molar-refractivity contribution in [2.45, 2.75) is 33.1 Å². The highest BCUT2D eigenvalue weighted by molar-refractivity contribution is 5.45. The first-order chi connectivity index (χ1) is 6.27. The molecule has 0 aliphatic heterocycles. The number of rotatable bonds is 9. The largest absolute Gasteiger partial charge is 0.359 e. The third-order valence-electron chi connectivity index (χ3n) is 1.81. The van der Waals surface area contributed by atoms with E-state index in [1.807, 2.05) is 0 Å². The van der Waals surface area contributed by atoms with Crippen LogP contribution in [0.4, 0.5) is 0 Å². The molecule has 1 amide bonds. The van der Waals surface area contributed by atoms with Crippen LogP contribution in [0.1, 0.15) is 33.1 Å². The van der Waals surface area contributed by atoms with Gasteiger partial charge in [0.2, 0.25) is 6.41 Å². The van der Waals surface area contributed by atoms with E-state index in [1.165, 1.54) is 12.8 Å². The van der Waals surface area contributed by atoms with Gasteiger partial charge in [0.15, 0.2) is 0 Å². The van der Waals surface area contributed by atoms with Gasteiger partial charge in [0, 0.05) is 6.54 Å². The van der Waals surface area contributed by atoms with E-state index in [4.69, 9.17) is 0 Å². The number of carbonyl (C=O) groups is 1. The van der Waals surface area contributed by atoms with Gasteiger partial charge in [0.1, 0.15) is 0 Å². The molecule has 0 aromatic carbocycles. The number of nitrogens with one attached hydrogen (secondary N) is 2. The minimum absolute atomic E-state index is 0.733. The number of carbonyl (C=O) groups excluding carboxylic acids is 1. The van der Waals surface area contributed by atoms with Crippen molar-refractivity contribution in [1.29, 1.82) is 0 Å². The summed E-state index contributed by atoms with van der Waals surface area (Å²) in [4.78, 5) is 9.89. The van der Waals surface area contributed by atoms with Gasteiger partial charge in [-0.05, 0) is 31.8 Å². The molecule has 3 nitrogen and oxygen atoms in total. The monoisotopic (exact) mass is 186 g/mol. The maximum atomic E-state index is 9.89. The molecule has 0 rings (SSSR count). The molecule has 78 valence electrons. The highest BCUT2D eigenvalue weighted by Gasteiger charge is 1.92. The number of unbranched alkanes of at least 4 members (excludes halogenated alkanes) is 2. The molecule has 2 N–H and O–H groups in total. The van der Waals surface area contributed by atoms with Gasteiger partial charge in [-0.3, -0.25) is 4.79 Å². The van der Waals surface area contributed by atoms with Gasteiger partial charge in [-0.15, -0.1) is 0 Å². The minimum atomic E-state index is 0.733. The topological polar surface area (TPSA) is 41.1 Å². The summed E-state index contributed by atoms with van der Waals surface area (Å²) in [5, 5.41) is 6.04. The predicted octanol–water partition coefficient (Wildman–Crippen LogP) is 1.15. The van der Waals surface area contributed by atoms with E-state index in [0.29, 0.717) is 0 Å². The summed E-state index contributed by atoms with van der Waals surface area (Å²) in [5.41, 5.74) is 0. The van der Waals surface area contributed by atoms with Crippen LogP contribution >= 0.6 is 0 Å². The lowest BCUT2D eigenvalue weighted by Gasteiger charge is -2.06. The maximum absolute atomic E-state index is 9.89. The van der Waals surface area contributed by atoms with Crippen molar-refractivity contribution in [3.05, 3.63) is 0 Å². The zero-order valence-corrected chi connectivity index (χ0v) is 8.81. The average Bonchev–Trinajstić information content (AvgIpc) is 2.09. The smallest absolute Gasteiger partial charge is 0.207 e. The average molecular weight is 186 g/mol. The molecule has 0 heterocycles. The molecule has 0 aromatic rings. The van der Waals surface area contributed by atoms with Gasteiger partial charge in [-0.2, -0.15) is 0 Å². The van der Waals surface area contributed by atoms with Crippen LogP contribution in [0.3, 0.4) is 0 Å². The van der Waals surface area contributed by atoms with Gasteiger partial charge < -0.3 is 10.6 Å². The highest BCUT2D eigenvalue weighted by atomic mass is 16.1. The van der Waals surface area contributed by atoms with Gasteiger partial charge in [-0.25, -0.2) is 0 Å². The summed E-state index contributed by atoms with van der Waals surface area (Å²) in [5.74, 6) is 0.733. The van der Waals surface area contributed by atoms with Crippen molar-refractivity contribution in [2.24, 2.45) is 5.92 Å². The normalized spacial score (nSPS) is 10.4. The Bertz CT molecular complexity index is 115. The van der Waals surface area contributed by atoms with Crippen molar-refractivity contribution in [1.82, 2.24) is 10.6 Å². The van der Waals surface area contributed by atoms with Crippen LogP contribution in [0.15, 0.2) is 0 Å². The van der Waals surface area contributed by atoms with E-state index in [1.54, 1.807) is 0 Å². The zero-order valence-electron chi connectivity index (χ0n) is 8.81. The van der Waals surface area contributed by atoms with Crippen molar-refractivity contribution < 1.29 is 4.79 Å². The molecule has 0 saturated carbocycles. The van der Waals surface area contributed by atoms with Gasteiger partial charge >= 0.3 is 0 Å². The molecule has 0 spiro atoms. The van der Waals surface area contributed by atoms with Gasteiger partial charge in [0.25, 0.3) is 0 Å². The quantitative estimate of drug-likeness (QED) is 0.419. The fourth-order valence-electron chi connectivity index (χ4n) is 1.10. The van der Waals surface area contributed by atoms with Crippen molar-refractivity contribution >= 4 is 6.41 Å². The molecule has 0 atom stereocenters. The van der Waals surface area contributed by atoms with Crippen LogP contribution in [0.5, 0.6) is 0 Å². The van der Waals surface area contributed by atoms with E-state index in [2.05, 4.69) is 24.5 Å². The second kappa shape index (κ2) is 9.52. The summed E-state index contributed by atoms with van der Waals surface area (Å²) in [7, 11) is 0. The van der Waals surface area contributed by atoms with Crippen LogP contribution < -0.4 is 10.6 Å². The Kier molecular flexibility index (Phi) is 9.10. The van der Waals surface area contributed by atoms with Crippen LogP contribution in [-0.4, -0.2) is 26.0 Å². The molecule has 0 bridgehead atoms. The molecule has 0 radical (unpaired) electrons.